The van der Waals surface area contributed by atoms with Crippen molar-refractivity contribution >= 4 is 5.96 Å². The average Bonchev–Trinajstić information content (AvgIpc) is 2.76. The van der Waals surface area contributed by atoms with Gasteiger partial charge in [-0.05, 0) is 55.8 Å². The number of hydrogen-bond donors (Lipinski definition) is 1. The van der Waals surface area contributed by atoms with Gasteiger partial charge < -0.3 is 10.2 Å². The normalized spacial score (nSPS) is 23.0. The van der Waals surface area contributed by atoms with Gasteiger partial charge in [0.05, 0.1) is 12.2 Å². The molecule has 2 fully saturated rings. The number of nitrogens with zero attached hydrogens (tertiary/aromatic N) is 4. The molecule has 4 rings (SSSR count). The van der Waals surface area contributed by atoms with E-state index in [0.29, 0.717) is 6.04 Å². The van der Waals surface area contributed by atoms with Gasteiger partial charge in [-0.2, -0.15) is 0 Å². The summed E-state index contributed by atoms with van der Waals surface area (Å²) in [6, 6.07) is 15.7. The lowest BCUT2D eigenvalue weighted by atomic mass is 9.83. The number of benzene rings is 1. The number of aromatic nitrogens is 1. The van der Waals surface area contributed by atoms with Crippen molar-refractivity contribution in [2.24, 2.45) is 10.9 Å². The molecule has 0 aliphatic carbocycles. The molecule has 0 saturated carbocycles. The molecular weight excluding hydrogens is 358 g/mol. The second-order valence-corrected chi connectivity index (χ2v) is 8.33. The lowest BCUT2D eigenvalue weighted by molar-refractivity contribution is 0.0372. The van der Waals surface area contributed by atoms with Gasteiger partial charge in [0.1, 0.15) is 0 Å². The van der Waals surface area contributed by atoms with Crippen molar-refractivity contribution in [2.45, 2.75) is 45.3 Å². The highest BCUT2D eigenvalue weighted by atomic mass is 15.3. The summed E-state index contributed by atoms with van der Waals surface area (Å²) in [5.41, 5.74) is 3.74. The Kier molecular flexibility index (Phi) is 6.45. The molecule has 5 nitrogen and oxygen atoms in total. The largest absolute Gasteiger partial charge is 0.351 e. The summed E-state index contributed by atoms with van der Waals surface area (Å²) >= 11 is 0. The summed E-state index contributed by atoms with van der Waals surface area (Å²) in [5.74, 6) is 1.73. The first kappa shape index (κ1) is 19.9. The van der Waals surface area contributed by atoms with Gasteiger partial charge in [0.2, 0.25) is 0 Å². The Morgan fingerprint density at radius 2 is 2.00 bits per heavy atom. The number of piperidine rings is 2. The number of fused-ring (bicyclic) bond motifs is 1. The Labute approximate surface area is 174 Å². The zero-order valence-electron chi connectivity index (χ0n) is 17.7. The fourth-order valence-electron chi connectivity index (χ4n) is 4.91. The molecule has 0 amide bonds. The van der Waals surface area contributed by atoms with Crippen LogP contribution in [-0.4, -0.2) is 53.5 Å². The molecule has 1 aromatic heterocycles. The topological polar surface area (TPSA) is 43.8 Å². The highest BCUT2D eigenvalue weighted by molar-refractivity contribution is 5.80. The van der Waals surface area contributed by atoms with Crippen LogP contribution in [0.3, 0.4) is 0 Å². The van der Waals surface area contributed by atoms with Crippen molar-refractivity contribution in [1.29, 1.82) is 0 Å². The molecule has 0 bridgehead atoms. The van der Waals surface area contributed by atoms with Crippen LogP contribution in [0.15, 0.2) is 53.7 Å². The Hall–Kier alpha value is -2.40. The molecule has 0 radical (unpaired) electrons. The van der Waals surface area contributed by atoms with Crippen LogP contribution >= 0.6 is 0 Å². The number of hydrogen-bond acceptors (Lipinski definition) is 3. The van der Waals surface area contributed by atoms with E-state index in [4.69, 9.17) is 0 Å². The maximum absolute atomic E-state index is 4.57. The number of rotatable bonds is 4. The maximum Gasteiger partial charge on any atom is 0.193 e. The highest BCUT2D eigenvalue weighted by Crippen LogP contribution is 2.31. The van der Waals surface area contributed by atoms with Crippen LogP contribution in [0, 0.1) is 12.8 Å². The van der Waals surface area contributed by atoms with Crippen LogP contribution in [-0.2, 0) is 13.1 Å². The number of aliphatic imine (C=N–C) groups is 1. The predicted molar refractivity (Wildman–Crippen MR) is 119 cm³/mol. The number of pyridine rings is 1. The highest BCUT2D eigenvalue weighted by Gasteiger charge is 2.36. The Morgan fingerprint density at radius 3 is 2.79 bits per heavy atom. The molecule has 1 N–H and O–H groups in total. The van der Waals surface area contributed by atoms with E-state index in [1.807, 2.05) is 19.3 Å². The van der Waals surface area contributed by atoms with Crippen molar-refractivity contribution < 1.29 is 0 Å². The fraction of sp³-hybridized carbons (Fsp3) is 0.500. The van der Waals surface area contributed by atoms with E-state index in [-0.39, 0.29) is 0 Å². The molecule has 2 aromatic rings. The summed E-state index contributed by atoms with van der Waals surface area (Å²) in [5, 5.41) is 3.54. The Balaban J connectivity index is 1.36. The predicted octanol–water partition coefficient (Wildman–Crippen LogP) is 3.45. The molecular formula is C24H33N5. The quantitative estimate of drug-likeness (QED) is 0.640. The van der Waals surface area contributed by atoms with Crippen molar-refractivity contribution in [3.63, 3.8) is 0 Å². The molecule has 5 heteroatoms. The monoisotopic (exact) mass is 391 g/mol. The van der Waals surface area contributed by atoms with E-state index in [9.17, 15) is 0 Å². The van der Waals surface area contributed by atoms with Crippen LogP contribution in [0.4, 0.5) is 0 Å². The molecule has 2 aliphatic heterocycles. The zero-order valence-corrected chi connectivity index (χ0v) is 17.7. The molecule has 2 unspecified atom stereocenters. The Morgan fingerprint density at radius 1 is 1.14 bits per heavy atom. The summed E-state index contributed by atoms with van der Waals surface area (Å²) in [6.45, 7) is 7.30. The fourth-order valence-corrected chi connectivity index (χ4v) is 4.91. The first-order valence-corrected chi connectivity index (χ1v) is 10.9. The van der Waals surface area contributed by atoms with Gasteiger partial charge in [-0.15, -0.1) is 0 Å². The van der Waals surface area contributed by atoms with Gasteiger partial charge >= 0.3 is 0 Å². The second-order valence-electron chi connectivity index (χ2n) is 8.33. The third-order valence-corrected chi connectivity index (χ3v) is 6.45. The summed E-state index contributed by atoms with van der Waals surface area (Å²) in [7, 11) is 1.89. The van der Waals surface area contributed by atoms with E-state index >= 15 is 0 Å². The van der Waals surface area contributed by atoms with Crippen molar-refractivity contribution in [1.82, 2.24) is 20.1 Å². The van der Waals surface area contributed by atoms with E-state index in [1.165, 1.54) is 36.9 Å². The molecule has 2 atom stereocenters. The van der Waals surface area contributed by atoms with E-state index in [2.05, 4.69) is 68.4 Å². The van der Waals surface area contributed by atoms with E-state index < -0.39 is 0 Å². The first-order chi connectivity index (χ1) is 14.2. The van der Waals surface area contributed by atoms with Gasteiger partial charge in [0, 0.05) is 38.9 Å². The van der Waals surface area contributed by atoms with E-state index in [1.54, 1.807) is 0 Å². The lowest BCUT2D eigenvalue weighted by Gasteiger charge is -2.48. The van der Waals surface area contributed by atoms with Gasteiger partial charge in [-0.25, -0.2) is 0 Å². The minimum atomic E-state index is 0.691. The van der Waals surface area contributed by atoms with Gasteiger partial charge in [-0.3, -0.25) is 14.9 Å². The second kappa shape index (κ2) is 9.40. The number of nitrogens with one attached hydrogen (secondary N) is 1. The van der Waals surface area contributed by atoms with E-state index in [0.717, 1.165) is 43.8 Å². The summed E-state index contributed by atoms with van der Waals surface area (Å²) in [4.78, 5) is 14.2. The molecule has 2 aliphatic rings. The molecule has 3 heterocycles. The van der Waals surface area contributed by atoms with Crippen molar-refractivity contribution in [3.05, 3.63) is 65.5 Å². The maximum atomic E-state index is 4.57. The summed E-state index contributed by atoms with van der Waals surface area (Å²) < 4.78 is 0. The number of likely N-dealkylation sites (tertiary alicyclic amines) is 2. The van der Waals surface area contributed by atoms with Crippen LogP contribution in [0.5, 0.6) is 0 Å². The van der Waals surface area contributed by atoms with Crippen molar-refractivity contribution in [2.75, 3.05) is 26.7 Å². The first-order valence-electron chi connectivity index (χ1n) is 10.9. The molecule has 29 heavy (non-hydrogen) atoms. The molecule has 1 aromatic carbocycles. The van der Waals surface area contributed by atoms with Crippen LogP contribution in [0.25, 0.3) is 0 Å². The number of guanidine groups is 1. The van der Waals surface area contributed by atoms with Crippen LogP contribution < -0.4 is 5.32 Å². The minimum Gasteiger partial charge on any atom is -0.351 e. The molecule has 154 valence electrons. The lowest BCUT2D eigenvalue weighted by Crippen LogP contribution is -2.56. The van der Waals surface area contributed by atoms with Crippen LogP contribution in [0.2, 0.25) is 0 Å². The molecule has 2 saturated heterocycles. The minimum absolute atomic E-state index is 0.691. The Bertz CT molecular complexity index is 819. The summed E-state index contributed by atoms with van der Waals surface area (Å²) in [6.07, 6.45) is 5.69. The average molecular weight is 392 g/mol. The smallest absolute Gasteiger partial charge is 0.193 e. The van der Waals surface area contributed by atoms with Gasteiger partial charge in [0.15, 0.2) is 5.96 Å². The standard InChI is InChI=1S/C24H33N5/c1-19-8-6-13-26-22(19)16-27-24(25-2)29-15-12-23-21(18-29)11-7-14-28(23)17-20-9-4-3-5-10-20/h3-6,8-10,13,21,23H,7,11-12,14-18H2,1-2H3,(H,25,27). The SMILES string of the molecule is CN=C(NCc1ncccc1C)N1CCC2C(CCCN2Cc2ccccc2)C1. The third-order valence-electron chi connectivity index (χ3n) is 6.45. The van der Waals surface area contributed by atoms with Gasteiger partial charge in [-0.1, -0.05) is 36.4 Å². The van der Waals surface area contributed by atoms with Crippen molar-refractivity contribution in [3.8, 4) is 0 Å². The third kappa shape index (κ3) is 4.78. The molecule has 0 spiro atoms. The number of aryl methyl sites for hydroxylation is 1. The van der Waals surface area contributed by atoms with Crippen LogP contribution in [0.1, 0.15) is 36.1 Å². The zero-order chi connectivity index (χ0) is 20.1. The van der Waals surface area contributed by atoms with Gasteiger partial charge in [0.25, 0.3) is 0 Å².